The van der Waals surface area contributed by atoms with E-state index in [0.29, 0.717) is 5.69 Å². The molecule has 1 heterocycles. The molecule has 0 unspecified atom stereocenters. The van der Waals surface area contributed by atoms with Crippen LogP contribution in [0.15, 0.2) is 60.0 Å². The maximum atomic E-state index is 12.3. The average molecular weight is 325 g/mol. The number of hydrogen-bond donors (Lipinski definition) is 1. The molecule has 0 fully saturated rings. The normalized spacial score (nSPS) is 12.7. The lowest BCUT2D eigenvalue weighted by molar-refractivity contribution is 0.598. The Hall–Kier alpha value is -2.60. The maximum absolute atomic E-state index is 12.3. The predicted molar refractivity (Wildman–Crippen MR) is 88.7 cm³/mol. The summed E-state index contributed by atoms with van der Waals surface area (Å²) in [6.45, 7) is 0. The van der Waals surface area contributed by atoms with E-state index in [1.165, 1.54) is 29.2 Å². The standard InChI is InChI=1S/C17H15N3O2S/c1-20-10-17(18-11-20)23(21,22)19-14-6-7-16-13(9-14)8-12-4-2-3-5-15(12)16/h2-7,9-11,19H,8H2,1H3. The van der Waals surface area contributed by atoms with E-state index >= 15 is 0 Å². The van der Waals surface area contributed by atoms with Crippen molar-refractivity contribution in [3.05, 3.63) is 66.1 Å². The highest BCUT2D eigenvalue weighted by Gasteiger charge is 2.21. The highest BCUT2D eigenvalue weighted by Crippen LogP contribution is 2.37. The van der Waals surface area contributed by atoms with Gasteiger partial charge < -0.3 is 4.57 Å². The first-order valence-corrected chi connectivity index (χ1v) is 8.73. The van der Waals surface area contributed by atoms with Gasteiger partial charge >= 0.3 is 0 Å². The largest absolute Gasteiger partial charge is 0.339 e. The number of nitrogens with zero attached hydrogens (tertiary/aromatic N) is 2. The van der Waals surface area contributed by atoms with E-state index in [4.69, 9.17) is 0 Å². The van der Waals surface area contributed by atoms with E-state index in [1.54, 1.807) is 17.7 Å². The van der Waals surface area contributed by atoms with Crippen molar-refractivity contribution < 1.29 is 8.42 Å². The van der Waals surface area contributed by atoms with E-state index in [1.807, 2.05) is 24.3 Å². The van der Waals surface area contributed by atoms with E-state index in [-0.39, 0.29) is 5.03 Å². The van der Waals surface area contributed by atoms with E-state index < -0.39 is 10.0 Å². The molecule has 1 aromatic heterocycles. The topological polar surface area (TPSA) is 64.0 Å². The van der Waals surface area contributed by atoms with Gasteiger partial charge in [-0.25, -0.2) is 4.98 Å². The first-order chi connectivity index (χ1) is 11.0. The first kappa shape index (κ1) is 14.0. The first-order valence-electron chi connectivity index (χ1n) is 7.25. The molecule has 0 radical (unpaired) electrons. The smallest absolute Gasteiger partial charge is 0.280 e. The zero-order valence-corrected chi connectivity index (χ0v) is 13.3. The Labute approximate surface area is 134 Å². The van der Waals surface area contributed by atoms with Crippen molar-refractivity contribution in [2.45, 2.75) is 11.4 Å². The highest BCUT2D eigenvalue weighted by atomic mass is 32.2. The van der Waals surface area contributed by atoms with Gasteiger partial charge in [0.25, 0.3) is 10.0 Å². The molecule has 2 aromatic carbocycles. The Morgan fingerprint density at radius 2 is 1.87 bits per heavy atom. The van der Waals surface area contributed by atoms with Crippen molar-refractivity contribution in [1.29, 1.82) is 0 Å². The summed E-state index contributed by atoms with van der Waals surface area (Å²) in [4.78, 5) is 3.90. The summed E-state index contributed by atoms with van der Waals surface area (Å²) < 4.78 is 28.9. The van der Waals surface area contributed by atoms with Gasteiger partial charge in [-0.05, 0) is 40.8 Å². The molecule has 1 N–H and O–H groups in total. The van der Waals surface area contributed by atoms with Gasteiger partial charge in [0.2, 0.25) is 0 Å². The van der Waals surface area contributed by atoms with Crippen LogP contribution in [0.5, 0.6) is 0 Å². The van der Waals surface area contributed by atoms with Gasteiger partial charge in [0.1, 0.15) is 0 Å². The minimum Gasteiger partial charge on any atom is -0.339 e. The number of imidazole rings is 1. The molecule has 0 spiro atoms. The molecule has 0 saturated heterocycles. The molecule has 5 nitrogen and oxygen atoms in total. The summed E-state index contributed by atoms with van der Waals surface area (Å²) in [5.41, 5.74) is 5.35. The summed E-state index contributed by atoms with van der Waals surface area (Å²) >= 11 is 0. The predicted octanol–water partition coefficient (Wildman–Crippen LogP) is 2.79. The van der Waals surface area contributed by atoms with Gasteiger partial charge in [0.15, 0.2) is 5.03 Å². The Morgan fingerprint density at radius 3 is 2.65 bits per heavy atom. The fourth-order valence-electron chi connectivity index (χ4n) is 2.94. The summed E-state index contributed by atoms with van der Waals surface area (Å²) in [5, 5.41) is 0.0174. The number of aryl methyl sites for hydroxylation is 1. The molecule has 4 rings (SSSR count). The number of nitrogens with one attached hydrogen (secondary N) is 1. The monoisotopic (exact) mass is 325 g/mol. The lowest BCUT2D eigenvalue weighted by Crippen LogP contribution is -2.13. The number of aromatic nitrogens is 2. The second-order valence-corrected chi connectivity index (χ2v) is 7.32. The zero-order chi connectivity index (χ0) is 16.0. The van der Waals surface area contributed by atoms with Crippen LogP contribution >= 0.6 is 0 Å². The second kappa shape index (κ2) is 4.96. The molecule has 1 aliphatic rings. The molecule has 3 aromatic rings. The lowest BCUT2D eigenvalue weighted by atomic mass is 10.1. The van der Waals surface area contributed by atoms with Crippen LogP contribution in [-0.2, 0) is 23.5 Å². The Morgan fingerprint density at radius 1 is 1.09 bits per heavy atom. The van der Waals surface area contributed by atoms with Crippen LogP contribution in [0.25, 0.3) is 11.1 Å². The van der Waals surface area contributed by atoms with Crippen LogP contribution in [0, 0.1) is 0 Å². The molecule has 23 heavy (non-hydrogen) atoms. The molecule has 0 saturated carbocycles. The number of sulfonamides is 1. The highest BCUT2D eigenvalue weighted by molar-refractivity contribution is 7.92. The third-order valence-electron chi connectivity index (χ3n) is 4.00. The number of benzene rings is 2. The number of hydrogen-bond acceptors (Lipinski definition) is 3. The van der Waals surface area contributed by atoms with Gasteiger partial charge in [-0.1, -0.05) is 30.3 Å². The molecule has 0 aliphatic heterocycles. The van der Waals surface area contributed by atoms with Gasteiger partial charge in [-0.2, -0.15) is 8.42 Å². The third-order valence-corrected chi connectivity index (χ3v) is 5.27. The fourth-order valence-corrected chi connectivity index (χ4v) is 3.98. The fraction of sp³-hybridized carbons (Fsp3) is 0.118. The lowest BCUT2D eigenvalue weighted by Gasteiger charge is -2.08. The van der Waals surface area contributed by atoms with Crippen molar-refractivity contribution in [2.75, 3.05) is 4.72 Å². The second-order valence-electron chi connectivity index (χ2n) is 5.69. The van der Waals surface area contributed by atoms with Crippen molar-refractivity contribution in [2.24, 2.45) is 7.05 Å². The van der Waals surface area contributed by atoms with Crippen molar-refractivity contribution in [3.63, 3.8) is 0 Å². The van der Waals surface area contributed by atoms with Crippen molar-refractivity contribution >= 4 is 15.7 Å². The van der Waals surface area contributed by atoms with Crippen LogP contribution in [0.4, 0.5) is 5.69 Å². The molecule has 116 valence electrons. The number of rotatable bonds is 3. The summed E-state index contributed by atoms with van der Waals surface area (Å²) in [7, 11) is -1.92. The van der Waals surface area contributed by atoms with Crippen molar-refractivity contribution in [1.82, 2.24) is 9.55 Å². The molecular formula is C17H15N3O2S. The van der Waals surface area contributed by atoms with Crippen LogP contribution < -0.4 is 4.72 Å². The van der Waals surface area contributed by atoms with Crippen LogP contribution in [0.2, 0.25) is 0 Å². The quantitative estimate of drug-likeness (QED) is 0.630. The molecule has 0 bridgehead atoms. The minimum absolute atomic E-state index is 0.0174. The SMILES string of the molecule is Cn1cnc(S(=O)(=O)Nc2ccc3c(c2)Cc2ccccc2-3)c1. The van der Waals surface area contributed by atoms with Gasteiger partial charge in [-0.15, -0.1) is 0 Å². The summed E-state index contributed by atoms with van der Waals surface area (Å²) in [6, 6.07) is 13.9. The third kappa shape index (κ3) is 2.41. The number of fused-ring (bicyclic) bond motifs is 3. The minimum atomic E-state index is -3.66. The molecule has 1 aliphatic carbocycles. The molecule has 6 heteroatoms. The summed E-state index contributed by atoms with van der Waals surface area (Å²) in [6.07, 6.45) is 3.77. The summed E-state index contributed by atoms with van der Waals surface area (Å²) in [5.74, 6) is 0. The van der Waals surface area contributed by atoms with E-state index in [2.05, 4.69) is 21.8 Å². The van der Waals surface area contributed by atoms with E-state index in [9.17, 15) is 8.42 Å². The number of anilines is 1. The maximum Gasteiger partial charge on any atom is 0.280 e. The molecule has 0 amide bonds. The Bertz CT molecular complexity index is 1010. The molecule has 0 atom stereocenters. The van der Waals surface area contributed by atoms with Crippen molar-refractivity contribution in [3.8, 4) is 11.1 Å². The van der Waals surface area contributed by atoms with Gasteiger partial charge in [-0.3, -0.25) is 4.72 Å². The van der Waals surface area contributed by atoms with E-state index in [0.717, 1.165) is 12.0 Å². The zero-order valence-electron chi connectivity index (χ0n) is 12.5. The van der Waals surface area contributed by atoms with Crippen LogP contribution in [-0.4, -0.2) is 18.0 Å². The van der Waals surface area contributed by atoms with Crippen LogP contribution in [0.3, 0.4) is 0 Å². The average Bonchev–Trinajstić information content (AvgIpc) is 3.10. The van der Waals surface area contributed by atoms with Gasteiger partial charge in [0, 0.05) is 18.9 Å². The Kier molecular flexibility index (Phi) is 3.02. The van der Waals surface area contributed by atoms with Crippen LogP contribution in [0.1, 0.15) is 11.1 Å². The Balaban J connectivity index is 1.67. The molecular weight excluding hydrogens is 310 g/mol. The van der Waals surface area contributed by atoms with Gasteiger partial charge in [0.05, 0.1) is 6.33 Å².